The van der Waals surface area contributed by atoms with Gasteiger partial charge in [-0.25, -0.2) is 0 Å². The molecule has 34 heavy (non-hydrogen) atoms. The maximum atomic E-state index is 13.7. The van der Waals surface area contributed by atoms with Crippen LogP contribution in [-0.4, -0.2) is 53.0 Å². The summed E-state index contributed by atoms with van der Waals surface area (Å²) < 4.78 is 2.12. The standard InChI is InChI=1S/C28H33ClN4O/c1-4-31(5-2)20(3)17-33-18-23(22-11-10-21(29)16-26(22)33)27(34)32-14-12-28(13-15-32)19-30-25-9-7-6-8-24(25)28/h6-11,16,18,30H,3-5,12-15,17,19H2,1-2H3. The highest BCUT2D eigenvalue weighted by Gasteiger charge is 2.42. The molecule has 1 spiro atoms. The predicted octanol–water partition coefficient (Wildman–Crippen LogP) is 5.75. The van der Waals surface area contributed by atoms with Crippen molar-refractivity contribution >= 4 is 34.1 Å². The van der Waals surface area contributed by atoms with E-state index < -0.39 is 0 Å². The number of benzene rings is 2. The number of nitrogens with one attached hydrogen (secondary N) is 1. The van der Waals surface area contributed by atoms with E-state index in [0.29, 0.717) is 11.6 Å². The molecule has 178 valence electrons. The van der Waals surface area contributed by atoms with Gasteiger partial charge in [0, 0.05) is 66.1 Å². The Hall–Kier alpha value is -2.92. The molecule has 3 aromatic rings. The van der Waals surface area contributed by atoms with Gasteiger partial charge in [-0.15, -0.1) is 0 Å². The van der Waals surface area contributed by atoms with E-state index >= 15 is 0 Å². The van der Waals surface area contributed by atoms with Gasteiger partial charge in [0.15, 0.2) is 0 Å². The quantitative estimate of drug-likeness (QED) is 0.492. The van der Waals surface area contributed by atoms with Crippen molar-refractivity contribution in [1.82, 2.24) is 14.4 Å². The van der Waals surface area contributed by atoms with E-state index in [0.717, 1.165) is 67.7 Å². The van der Waals surface area contributed by atoms with Crippen molar-refractivity contribution in [1.29, 1.82) is 0 Å². The molecule has 1 N–H and O–H groups in total. The minimum Gasteiger partial charge on any atom is -0.384 e. The molecule has 0 aliphatic carbocycles. The van der Waals surface area contributed by atoms with Gasteiger partial charge in [0.05, 0.1) is 17.6 Å². The largest absolute Gasteiger partial charge is 0.384 e. The van der Waals surface area contributed by atoms with Crippen molar-refractivity contribution in [2.75, 3.05) is 38.0 Å². The first-order valence-electron chi connectivity index (χ1n) is 12.3. The SMILES string of the molecule is C=C(Cn1cc(C(=O)N2CCC3(CC2)CNc2ccccc23)c2ccc(Cl)cc21)N(CC)CC. The lowest BCUT2D eigenvalue weighted by atomic mass is 9.74. The second-order valence-electron chi connectivity index (χ2n) is 9.54. The fourth-order valence-corrected chi connectivity index (χ4v) is 5.91. The maximum Gasteiger partial charge on any atom is 0.256 e. The second-order valence-corrected chi connectivity index (χ2v) is 9.98. The number of likely N-dealkylation sites (N-methyl/N-ethyl adjacent to an activating group) is 1. The molecule has 0 unspecified atom stereocenters. The molecule has 5 rings (SSSR count). The first-order chi connectivity index (χ1) is 16.5. The Kier molecular flexibility index (Phi) is 6.07. The van der Waals surface area contributed by atoms with Crippen LogP contribution in [0, 0.1) is 0 Å². The molecule has 1 amide bonds. The number of piperidine rings is 1. The second kappa shape index (κ2) is 9.03. The topological polar surface area (TPSA) is 40.5 Å². The number of carbonyl (C=O) groups is 1. The number of fused-ring (bicyclic) bond motifs is 3. The van der Waals surface area contributed by atoms with E-state index in [9.17, 15) is 4.79 Å². The summed E-state index contributed by atoms with van der Waals surface area (Å²) in [4.78, 5) is 18.0. The molecule has 1 fully saturated rings. The van der Waals surface area contributed by atoms with Crippen LogP contribution in [0.5, 0.6) is 0 Å². The number of allylic oxidation sites excluding steroid dienone is 1. The number of carbonyl (C=O) groups excluding carboxylic acids is 1. The van der Waals surface area contributed by atoms with Crippen LogP contribution in [0.2, 0.25) is 5.02 Å². The van der Waals surface area contributed by atoms with Gasteiger partial charge in [0.2, 0.25) is 0 Å². The molecular weight excluding hydrogens is 444 g/mol. The van der Waals surface area contributed by atoms with Gasteiger partial charge in [-0.05, 0) is 50.5 Å². The lowest BCUT2D eigenvalue weighted by Gasteiger charge is -2.39. The van der Waals surface area contributed by atoms with Gasteiger partial charge in [-0.1, -0.05) is 42.4 Å². The zero-order valence-corrected chi connectivity index (χ0v) is 20.9. The third-order valence-electron chi connectivity index (χ3n) is 7.76. The number of hydrogen-bond acceptors (Lipinski definition) is 3. The van der Waals surface area contributed by atoms with Gasteiger partial charge >= 0.3 is 0 Å². The number of hydrogen-bond donors (Lipinski definition) is 1. The monoisotopic (exact) mass is 476 g/mol. The Morgan fingerprint density at radius 3 is 2.62 bits per heavy atom. The summed E-state index contributed by atoms with van der Waals surface area (Å²) in [5.74, 6) is 0.105. The molecule has 0 saturated carbocycles. The fraction of sp³-hybridized carbons (Fsp3) is 0.393. The minimum atomic E-state index is 0.105. The Morgan fingerprint density at radius 1 is 1.15 bits per heavy atom. The first-order valence-corrected chi connectivity index (χ1v) is 12.7. The van der Waals surface area contributed by atoms with Crippen LogP contribution in [0.1, 0.15) is 42.6 Å². The van der Waals surface area contributed by atoms with Crippen LogP contribution in [0.4, 0.5) is 5.69 Å². The van der Waals surface area contributed by atoms with Gasteiger partial charge < -0.3 is 19.7 Å². The number of para-hydroxylation sites is 1. The lowest BCUT2D eigenvalue weighted by Crippen LogP contribution is -2.46. The summed E-state index contributed by atoms with van der Waals surface area (Å²) in [5.41, 5.74) is 5.55. The van der Waals surface area contributed by atoms with Crippen LogP contribution in [-0.2, 0) is 12.0 Å². The molecule has 0 radical (unpaired) electrons. The molecule has 2 aliphatic rings. The molecule has 2 aliphatic heterocycles. The Morgan fingerprint density at radius 2 is 1.88 bits per heavy atom. The summed E-state index contributed by atoms with van der Waals surface area (Å²) in [6, 6.07) is 14.4. The Bertz CT molecular complexity index is 1230. The van der Waals surface area contributed by atoms with Gasteiger partial charge in [-0.3, -0.25) is 4.79 Å². The zero-order valence-electron chi connectivity index (χ0n) is 20.1. The third-order valence-corrected chi connectivity index (χ3v) is 8.00. The summed E-state index contributed by atoms with van der Waals surface area (Å²) >= 11 is 6.34. The summed E-state index contributed by atoms with van der Waals surface area (Å²) in [6.45, 7) is 13.5. The normalized spacial score (nSPS) is 16.5. The van der Waals surface area contributed by atoms with Gasteiger partial charge in [0.25, 0.3) is 5.91 Å². The van der Waals surface area contributed by atoms with Crippen molar-refractivity contribution in [3.05, 3.63) is 77.1 Å². The van der Waals surface area contributed by atoms with Crippen molar-refractivity contribution in [2.45, 2.75) is 38.6 Å². The van der Waals surface area contributed by atoms with E-state index in [-0.39, 0.29) is 11.3 Å². The average Bonchev–Trinajstić information content (AvgIpc) is 3.38. The third kappa shape index (κ3) is 3.86. The summed E-state index contributed by atoms with van der Waals surface area (Å²) in [6.07, 6.45) is 3.95. The number of likely N-dealkylation sites (tertiary alicyclic amines) is 1. The number of aromatic nitrogens is 1. The van der Waals surface area contributed by atoms with Crippen molar-refractivity contribution in [3.8, 4) is 0 Å². The smallest absolute Gasteiger partial charge is 0.256 e. The van der Waals surface area contributed by atoms with Crippen molar-refractivity contribution in [3.63, 3.8) is 0 Å². The molecule has 1 aromatic heterocycles. The number of nitrogens with zero attached hydrogens (tertiary/aromatic N) is 3. The molecule has 2 aromatic carbocycles. The fourth-order valence-electron chi connectivity index (χ4n) is 5.75. The highest BCUT2D eigenvalue weighted by molar-refractivity contribution is 6.31. The molecule has 5 nitrogen and oxygen atoms in total. The molecule has 1 saturated heterocycles. The predicted molar refractivity (Wildman–Crippen MR) is 141 cm³/mol. The van der Waals surface area contributed by atoms with Crippen molar-refractivity contribution < 1.29 is 4.79 Å². The van der Waals surface area contributed by atoms with Crippen molar-refractivity contribution in [2.24, 2.45) is 0 Å². The van der Waals surface area contributed by atoms with Gasteiger partial charge in [0.1, 0.15) is 0 Å². The highest BCUT2D eigenvalue weighted by atomic mass is 35.5. The number of amides is 1. The van der Waals surface area contributed by atoms with Crippen LogP contribution < -0.4 is 5.32 Å². The molecule has 0 bridgehead atoms. The van der Waals surface area contributed by atoms with E-state index in [1.165, 1.54) is 11.3 Å². The molecule has 6 heteroatoms. The van der Waals surface area contributed by atoms with Crippen LogP contribution in [0.15, 0.2) is 60.9 Å². The summed E-state index contributed by atoms with van der Waals surface area (Å²) in [7, 11) is 0. The minimum absolute atomic E-state index is 0.105. The van der Waals surface area contributed by atoms with Crippen LogP contribution in [0.25, 0.3) is 10.9 Å². The van der Waals surface area contributed by atoms with Crippen LogP contribution in [0.3, 0.4) is 0 Å². The molecular formula is C28H33ClN4O. The van der Waals surface area contributed by atoms with E-state index in [1.807, 2.05) is 29.3 Å². The number of anilines is 1. The zero-order chi connectivity index (χ0) is 23.9. The lowest BCUT2D eigenvalue weighted by molar-refractivity contribution is 0.0678. The molecule has 3 heterocycles. The number of halogens is 1. The Labute approximate surface area is 207 Å². The average molecular weight is 477 g/mol. The highest BCUT2D eigenvalue weighted by Crippen LogP contribution is 2.44. The van der Waals surface area contributed by atoms with E-state index in [4.69, 9.17) is 11.6 Å². The van der Waals surface area contributed by atoms with E-state index in [1.54, 1.807) is 0 Å². The maximum absolute atomic E-state index is 13.7. The first kappa shape index (κ1) is 22.9. The molecule has 0 atom stereocenters. The summed E-state index contributed by atoms with van der Waals surface area (Å²) in [5, 5.41) is 5.20. The van der Waals surface area contributed by atoms with Crippen LogP contribution >= 0.6 is 11.6 Å². The van der Waals surface area contributed by atoms with Gasteiger partial charge in [-0.2, -0.15) is 0 Å². The van der Waals surface area contributed by atoms with E-state index in [2.05, 4.69) is 59.5 Å². The number of rotatable bonds is 6. The Balaban J connectivity index is 1.39.